The van der Waals surface area contributed by atoms with Crippen molar-refractivity contribution in [2.45, 2.75) is 66.0 Å². The molecule has 0 saturated heterocycles. The number of anilines is 1. The molecule has 0 aliphatic carbocycles. The molecule has 1 heterocycles. The molecule has 108 valence electrons. The fourth-order valence-electron chi connectivity index (χ4n) is 1.96. The van der Waals surface area contributed by atoms with Gasteiger partial charge in [0.05, 0.1) is 4.92 Å². The van der Waals surface area contributed by atoms with Crippen LogP contribution in [0.5, 0.6) is 0 Å². The van der Waals surface area contributed by atoms with Crippen LogP contribution in [0.15, 0.2) is 0 Å². The molecular formula is C13H24N4O2. The molecule has 0 unspecified atom stereocenters. The Balaban J connectivity index is 3.34. The fourth-order valence-corrected chi connectivity index (χ4v) is 1.96. The van der Waals surface area contributed by atoms with Gasteiger partial charge in [-0.05, 0) is 40.5 Å². The minimum absolute atomic E-state index is 0.0767. The Bertz CT molecular complexity index is 461. The third kappa shape index (κ3) is 3.05. The number of aromatic nitrogens is 2. The second-order valence-electron chi connectivity index (χ2n) is 5.47. The number of hydrogen-bond acceptors (Lipinski definition) is 4. The molecule has 0 fully saturated rings. The molecule has 0 atom stereocenters. The topological polar surface area (TPSA) is 73.0 Å². The van der Waals surface area contributed by atoms with Crippen molar-refractivity contribution in [1.82, 2.24) is 9.78 Å². The lowest BCUT2D eigenvalue weighted by atomic mass is 9.95. The number of hydrogen-bond donors (Lipinski definition) is 1. The van der Waals surface area contributed by atoms with Crippen molar-refractivity contribution in [2.75, 3.05) is 5.32 Å². The SMILES string of the molecule is CCC(C)(CC)Nc1c([N+](=O)[O-])c(C)nn1C(C)C. The van der Waals surface area contributed by atoms with Crippen molar-refractivity contribution >= 4 is 11.5 Å². The maximum atomic E-state index is 11.3. The van der Waals surface area contributed by atoms with Gasteiger partial charge in [0.15, 0.2) is 0 Å². The van der Waals surface area contributed by atoms with E-state index in [-0.39, 0.29) is 22.2 Å². The minimum atomic E-state index is -0.352. The van der Waals surface area contributed by atoms with Crippen LogP contribution in [0.25, 0.3) is 0 Å². The Hall–Kier alpha value is -1.59. The molecule has 0 aromatic carbocycles. The first kappa shape index (κ1) is 15.5. The lowest BCUT2D eigenvalue weighted by molar-refractivity contribution is -0.384. The summed E-state index contributed by atoms with van der Waals surface area (Å²) in [6, 6.07) is 0.0767. The van der Waals surface area contributed by atoms with Gasteiger partial charge in [0.2, 0.25) is 5.82 Å². The number of nitrogens with one attached hydrogen (secondary N) is 1. The summed E-state index contributed by atoms with van der Waals surface area (Å²) in [4.78, 5) is 10.9. The van der Waals surface area contributed by atoms with Crippen molar-refractivity contribution in [1.29, 1.82) is 0 Å². The molecule has 0 amide bonds. The quantitative estimate of drug-likeness (QED) is 0.631. The standard InChI is InChI=1S/C13H24N4O2/c1-7-13(6,8-2)14-12-11(17(18)19)10(5)15-16(12)9(3)4/h9,14H,7-8H2,1-6H3. The Morgan fingerprint density at radius 1 is 1.42 bits per heavy atom. The number of aryl methyl sites for hydroxylation is 1. The highest BCUT2D eigenvalue weighted by molar-refractivity contribution is 5.61. The number of rotatable bonds is 6. The molecule has 19 heavy (non-hydrogen) atoms. The van der Waals surface area contributed by atoms with Gasteiger partial charge < -0.3 is 5.32 Å². The molecule has 0 aliphatic rings. The second kappa shape index (κ2) is 5.59. The molecule has 1 N–H and O–H groups in total. The van der Waals surface area contributed by atoms with E-state index in [1.54, 1.807) is 11.6 Å². The Morgan fingerprint density at radius 2 is 1.95 bits per heavy atom. The van der Waals surface area contributed by atoms with Crippen molar-refractivity contribution in [3.8, 4) is 0 Å². The summed E-state index contributed by atoms with van der Waals surface area (Å²) in [6.07, 6.45) is 1.78. The molecule has 0 aliphatic heterocycles. The van der Waals surface area contributed by atoms with Gasteiger partial charge in [-0.15, -0.1) is 0 Å². The van der Waals surface area contributed by atoms with Gasteiger partial charge in [-0.3, -0.25) is 10.1 Å². The van der Waals surface area contributed by atoms with Crippen LogP contribution in [0.1, 0.15) is 59.2 Å². The molecule has 1 aromatic rings. The van der Waals surface area contributed by atoms with Gasteiger partial charge >= 0.3 is 5.69 Å². The minimum Gasteiger partial charge on any atom is -0.359 e. The number of nitro groups is 1. The van der Waals surface area contributed by atoms with Gasteiger partial charge in [0.1, 0.15) is 5.69 Å². The fraction of sp³-hybridized carbons (Fsp3) is 0.769. The third-order valence-electron chi connectivity index (χ3n) is 3.71. The maximum Gasteiger partial charge on any atom is 0.333 e. The van der Waals surface area contributed by atoms with Crippen LogP contribution >= 0.6 is 0 Å². The van der Waals surface area contributed by atoms with E-state index in [0.29, 0.717) is 11.5 Å². The van der Waals surface area contributed by atoms with Crippen LogP contribution in [0.4, 0.5) is 11.5 Å². The van der Waals surface area contributed by atoms with Crippen molar-refractivity contribution in [2.24, 2.45) is 0 Å². The van der Waals surface area contributed by atoms with Crippen LogP contribution in [0.2, 0.25) is 0 Å². The van der Waals surface area contributed by atoms with Gasteiger partial charge in [-0.2, -0.15) is 5.10 Å². The van der Waals surface area contributed by atoms with Crippen LogP contribution < -0.4 is 5.32 Å². The molecule has 0 radical (unpaired) electrons. The van der Waals surface area contributed by atoms with Gasteiger partial charge in [0.25, 0.3) is 0 Å². The van der Waals surface area contributed by atoms with E-state index in [9.17, 15) is 10.1 Å². The highest BCUT2D eigenvalue weighted by Gasteiger charge is 2.31. The van der Waals surface area contributed by atoms with Crippen molar-refractivity contribution in [3.05, 3.63) is 15.8 Å². The predicted molar refractivity (Wildman–Crippen MR) is 76.6 cm³/mol. The normalized spacial score (nSPS) is 11.9. The van der Waals surface area contributed by atoms with Gasteiger partial charge in [-0.1, -0.05) is 13.8 Å². The summed E-state index contributed by atoms with van der Waals surface area (Å²) in [5.41, 5.74) is 0.377. The highest BCUT2D eigenvalue weighted by Crippen LogP contribution is 2.34. The summed E-state index contributed by atoms with van der Waals surface area (Å²) in [6.45, 7) is 11.8. The van der Waals surface area contributed by atoms with Gasteiger partial charge in [-0.25, -0.2) is 4.68 Å². The first-order valence-electron chi connectivity index (χ1n) is 6.77. The zero-order valence-electron chi connectivity index (χ0n) is 12.6. The first-order chi connectivity index (χ1) is 8.75. The van der Waals surface area contributed by atoms with Crippen LogP contribution in [0, 0.1) is 17.0 Å². The molecule has 6 nitrogen and oxygen atoms in total. The van der Waals surface area contributed by atoms with E-state index >= 15 is 0 Å². The lowest BCUT2D eigenvalue weighted by Crippen LogP contribution is -2.34. The summed E-state index contributed by atoms with van der Waals surface area (Å²) < 4.78 is 1.71. The van der Waals surface area contributed by atoms with E-state index in [1.807, 2.05) is 13.8 Å². The van der Waals surface area contributed by atoms with Crippen molar-refractivity contribution < 1.29 is 4.92 Å². The average molecular weight is 268 g/mol. The molecule has 1 aromatic heterocycles. The Kier molecular flexibility index (Phi) is 4.55. The summed E-state index contributed by atoms with van der Waals surface area (Å²) in [5.74, 6) is 0.517. The predicted octanol–water partition coefficient (Wildman–Crippen LogP) is 3.67. The van der Waals surface area contributed by atoms with E-state index in [4.69, 9.17) is 0 Å². The van der Waals surface area contributed by atoms with E-state index < -0.39 is 0 Å². The molecule has 0 spiro atoms. The summed E-state index contributed by atoms with van der Waals surface area (Å²) >= 11 is 0. The van der Waals surface area contributed by atoms with Crippen molar-refractivity contribution in [3.63, 3.8) is 0 Å². The van der Waals surface area contributed by atoms with E-state index in [0.717, 1.165) is 12.8 Å². The molecular weight excluding hydrogens is 244 g/mol. The molecule has 0 bridgehead atoms. The zero-order chi connectivity index (χ0) is 14.8. The first-order valence-corrected chi connectivity index (χ1v) is 6.77. The highest BCUT2D eigenvalue weighted by atomic mass is 16.6. The lowest BCUT2D eigenvalue weighted by Gasteiger charge is -2.29. The Labute approximate surface area is 114 Å². The summed E-state index contributed by atoms with van der Waals surface area (Å²) in [5, 5.41) is 18.9. The summed E-state index contributed by atoms with van der Waals surface area (Å²) in [7, 11) is 0. The number of nitrogens with zero attached hydrogens (tertiary/aromatic N) is 3. The average Bonchev–Trinajstić information content (AvgIpc) is 2.66. The third-order valence-corrected chi connectivity index (χ3v) is 3.71. The van der Waals surface area contributed by atoms with Gasteiger partial charge in [0, 0.05) is 11.6 Å². The Morgan fingerprint density at radius 3 is 2.32 bits per heavy atom. The van der Waals surface area contributed by atoms with E-state index in [1.165, 1.54) is 0 Å². The van der Waals surface area contributed by atoms with Crippen LogP contribution in [0.3, 0.4) is 0 Å². The molecule has 6 heteroatoms. The van der Waals surface area contributed by atoms with Crippen LogP contribution in [-0.4, -0.2) is 20.2 Å². The molecule has 0 saturated carbocycles. The molecule has 1 rings (SSSR count). The largest absolute Gasteiger partial charge is 0.359 e. The van der Waals surface area contributed by atoms with Crippen LogP contribution in [-0.2, 0) is 0 Å². The zero-order valence-corrected chi connectivity index (χ0v) is 12.6. The van der Waals surface area contributed by atoms with E-state index in [2.05, 4.69) is 31.2 Å². The smallest absolute Gasteiger partial charge is 0.333 e. The second-order valence-corrected chi connectivity index (χ2v) is 5.47. The monoisotopic (exact) mass is 268 g/mol. The maximum absolute atomic E-state index is 11.3.